The van der Waals surface area contributed by atoms with E-state index in [4.69, 9.17) is 9.47 Å². The third kappa shape index (κ3) is 2.36. The monoisotopic (exact) mass is 344 g/mol. The molecule has 0 amide bonds. The van der Waals surface area contributed by atoms with Gasteiger partial charge in [-0.2, -0.15) is 9.61 Å². The van der Waals surface area contributed by atoms with E-state index in [0.717, 1.165) is 32.0 Å². The Labute approximate surface area is 139 Å². The Kier molecular flexibility index (Phi) is 3.47. The highest BCUT2D eigenvalue weighted by Crippen LogP contribution is 2.36. The van der Waals surface area contributed by atoms with E-state index < -0.39 is 0 Å². The minimum Gasteiger partial charge on any atom is -0.497 e. The molecule has 0 aliphatic heterocycles. The van der Waals surface area contributed by atoms with Gasteiger partial charge in [-0.3, -0.25) is 0 Å². The molecule has 0 fully saturated rings. The Morgan fingerprint density at radius 1 is 1.09 bits per heavy atom. The number of ether oxygens (including phenoxy) is 2. The molecule has 116 valence electrons. The molecular weight excluding hydrogens is 332 g/mol. The molecule has 0 atom stereocenters. The number of fused-ring (bicyclic) bond motifs is 1. The number of thiophene rings is 1. The zero-order valence-corrected chi connectivity index (χ0v) is 14.0. The van der Waals surface area contributed by atoms with Gasteiger partial charge in [-0.25, -0.2) is 0 Å². The van der Waals surface area contributed by atoms with Gasteiger partial charge >= 0.3 is 0 Å². The number of rotatable bonds is 4. The van der Waals surface area contributed by atoms with Crippen LogP contribution in [0.5, 0.6) is 11.5 Å². The van der Waals surface area contributed by atoms with Crippen LogP contribution < -0.4 is 9.47 Å². The maximum Gasteiger partial charge on any atom is 0.235 e. The van der Waals surface area contributed by atoms with Crippen LogP contribution in [0.1, 0.15) is 0 Å². The van der Waals surface area contributed by atoms with Crippen molar-refractivity contribution in [2.45, 2.75) is 0 Å². The first-order chi connectivity index (χ1) is 11.3. The van der Waals surface area contributed by atoms with E-state index in [1.807, 2.05) is 35.7 Å². The second-order valence-corrected chi connectivity index (χ2v) is 6.57. The predicted octanol–water partition coefficient (Wildman–Crippen LogP) is 3.60. The molecule has 4 rings (SSSR count). The van der Waals surface area contributed by atoms with Gasteiger partial charge in [0.1, 0.15) is 11.5 Å². The standard InChI is InChI=1S/C15H12N4O2S2/c1-20-9-5-6-10(11(8-9)21-2)14-18-19-13(12-4-3-7-22-12)16-17-15(19)23-14/h3-8H,1-2H3. The average Bonchev–Trinajstić information content (AvgIpc) is 3.30. The molecule has 4 aromatic rings. The molecule has 3 heterocycles. The van der Waals surface area contributed by atoms with Gasteiger partial charge in [-0.15, -0.1) is 21.5 Å². The van der Waals surface area contributed by atoms with Gasteiger partial charge < -0.3 is 9.47 Å². The lowest BCUT2D eigenvalue weighted by Crippen LogP contribution is -1.92. The summed E-state index contributed by atoms with van der Waals surface area (Å²) < 4.78 is 12.5. The molecule has 0 saturated carbocycles. The van der Waals surface area contributed by atoms with Crippen molar-refractivity contribution < 1.29 is 9.47 Å². The molecule has 6 nitrogen and oxygen atoms in total. The average molecular weight is 344 g/mol. The quantitative estimate of drug-likeness (QED) is 0.566. The van der Waals surface area contributed by atoms with Crippen molar-refractivity contribution in [3.63, 3.8) is 0 Å². The van der Waals surface area contributed by atoms with Crippen molar-refractivity contribution in [2.24, 2.45) is 0 Å². The minimum absolute atomic E-state index is 0.715. The number of hydrogen-bond donors (Lipinski definition) is 0. The van der Waals surface area contributed by atoms with Crippen LogP contribution in [0.2, 0.25) is 0 Å². The summed E-state index contributed by atoms with van der Waals surface area (Å²) in [5.74, 6) is 2.21. The van der Waals surface area contributed by atoms with Crippen molar-refractivity contribution in [1.29, 1.82) is 0 Å². The number of nitrogens with zero attached hydrogens (tertiary/aromatic N) is 4. The Hall–Kier alpha value is -2.45. The van der Waals surface area contributed by atoms with E-state index in [1.54, 1.807) is 30.1 Å². The topological polar surface area (TPSA) is 61.5 Å². The Bertz CT molecular complexity index is 959. The first kappa shape index (κ1) is 14.2. The molecule has 8 heteroatoms. The van der Waals surface area contributed by atoms with Crippen molar-refractivity contribution in [1.82, 2.24) is 19.8 Å². The lowest BCUT2D eigenvalue weighted by molar-refractivity contribution is 0.395. The van der Waals surface area contributed by atoms with Crippen LogP contribution in [0.15, 0.2) is 35.7 Å². The Morgan fingerprint density at radius 2 is 2.00 bits per heavy atom. The fourth-order valence-electron chi connectivity index (χ4n) is 2.26. The largest absolute Gasteiger partial charge is 0.497 e. The number of methoxy groups -OCH3 is 2. The van der Waals surface area contributed by atoms with Gasteiger partial charge in [-0.05, 0) is 23.6 Å². The number of benzene rings is 1. The number of aromatic nitrogens is 4. The minimum atomic E-state index is 0.715. The maximum atomic E-state index is 5.46. The highest BCUT2D eigenvalue weighted by molar-refractivity contribution is 7.20. The third-order valence-corrected chi connectivity index (χ3v) is 5.17. The third-order valence-electron chi connectivity index (χ3n) is 3.37. The highest BCUT2D eigenvalue weighted by Gasteiger charge is 2.17. The second-order valence-electron chi connectivity index (χ2n) is 4.67. The molecule has 0 unspecified atom stereocenters. The molecule has 0 radical (unpaired) electrons. The van der Waals surface area contributed by atoms with Crippen LogP contribution >= 0.6 is 22.7 Å². The molecule has 0 bridgehead atoms. The molecule has 0 aliphatic rings. The summed E-state index contributed by atoms with van der Waals surface area (Å²) in [5.41, 5.74) is 0.904. The van der Waals surface area contributed by atoms with Gasteiger partial charge in [0.15, 0.2) is 10.8 Å². The van der Waals surface area contributed by atoms with E-state index in [2.05, 4.69) is 15.3 Å². The summed E-state index contributed by atoms with van der Waals surface area (Å²) in [6, 6.07) is 9.67. The van der Waals surface area contributed by atoms with Crippen molar-refractivity contribution >= 4 is 27.6 Å². The SMILES string of the molecule is COc1ccc(-c2nn3c(-c4cccs4)nnc3s2)c(OC)c1. The van der Waals surface area contributed by atoms with Crippen molar-refractivity contribution in [2.75, 3.05) is 14.2 Å². The fourth-order valence-corrected chi connectivity index (χ4v) is 3.82. The van der Waals surface area contributed by atoms with Crippen LogP contribution in [0, 0.1) is 0 Å². The lowest BCUT2D eigenvalue weighted by Gasteiger charge is -2.07. The summed E-state index contributed by atoms with van der Waals surface area (Å²) >= 11 is 3.09. The first-order valence-corrected chi connectivity index (χ1v) is 8.48. The van der Waals surface area contributed by atoms with Crippen molar-refractivity contribution in [3.8, 4) is 32.8 Å². The van der Waals surface area contributed by atoms with E-state index in [0.29, 0.717) is 5.75 Å². The summed E-state index contributed by atoms with van der Waals surface area (Å²) in [5, 5.41) is 15.9. The van der Waals surface area contributed by atoms with Crippen molar-refractivity contribution in [3.05, 3.63) is 35.7 Å². The first-order valence-electron chi connectivity index (χ1n) is 6.78. The van der Waals surface area contributed by atoms with E-state index >= 15 is 0 Å². The van der Waals surface area contributed by atoms with Gasteiger partial charge in [-0.1, -0.05) is 17.4 Å². The van der Waals surface area contributed by atoms with Crippen LogP contribution in [0.25, 0.3) is 26.2 Å². The van der Waals surface area contributed by atoms with Gasteiger partial charge in [0, 0.05) is 6.07 Å². The van der Waals surface area contributed by atoms with Gasteiger partial charge in [0.05, 0.1) is 24.7 Å². The van der Waals surface area contributed by atoms with Crippen LogP contribution in [-0.4, -0.2) is 34.0 Å². The lowest BCUT2D eigenvalue weighted by atomic mass is 10.2. The molecule has 1 aromatic carbocycles. The van der Waals surface area contributed by atoms with Gasteiger partial charge in [0.2, 0.25) is 4.96 Å². The smallest absolute Gasteiger partial charge is 0.235 e. The van der Waals surface area contributed by atoms with Crippen LogP contribution in [0.3, 0.4) is 0 Å². The van der Waals surface area contributed by atoms with Gasteiger partial charge in [0.25, 0.3) is 0 Å². The summed E-state index contributed by atoms with van der Waals surface area (Å²) in [6.45, 7) is 0. The summed E-state index contributed by atoms with van der Waals surface area (Å²) in [6.07, 6.45) is 0. The maximum absolute atomic E-state index is 5.46. The number of hydrogen-bond acceptors (Lipinski definition) is 7. The zero-order chi connectivity index (χ0) is 15.8. The molecule has 3 aromatic heterocycles. The Morgan fingerprint density at radius 3 is 2.74 bits per heavy atom. The molecule has 0 saturated heterocycles. The molecule has 0 aliphatic carbocycles. The zero-order valence-electron chi connectivity index (χ0n) is 12.4. The van der Waals surface area contributed by atoms with Crippen LogP contribution in [0.4, 0.5) is 0 Å². The van der Waals surface area contributed by atoms with E-state index in [9.17, 15) is 0 Å². The fraction of sp³-hybridized carbons (Fsp3) is 0.133. The summed E-state index contributed by atoms with van der Waals surface area (Å²) in [7, 11) is 3.26. The molecule has 0 spiro atoms. The normalized spacial score (nSPS) is 11.0. The highest BCUT2D eigenvalue weighted by atomic mass is 32.1. The molecule has 23 heavy (non-hydrogen) atoms. The van der Waals surface area contributed by atoms with E-state index in [1.165, 1.54) is 11.3 Å². The Balaban J connectivity index is 1.84. The molecule has 0 N–H and O–H groups in total. The predicted molar refractivity (Wildman–Crippen MR) is 90.5 cm³/mol. The second kappa shape index (κ2) is 5.64. The van der Waals surface area contributed by atoms with Crippen LogP contribution in [-0.2, 0) is 0 Å². The summed E-state index contributed by atoms with van der Waals surface area (Å²) in [4.78, 5) is 1.79. The molecular formula is C15H12N4O2S2. The van der Waals surface area contributed by atoms with E-state index in [-0.39, 0.29) is 0 Å².